The van der Waals surface area contributed by atoms with E-state index in [0.29, 0.717) is 11.3 Å². The summed E-state index contributed by atoms with van der Waals surface area (Å²) in [7, 11) is 0. The van der Waals surface area contributed by atoms with Crippen LogP contribution in [-0.2, 0) is 0 Å². The van der Waals surface area contributed by atoms with E-state index < -0.39 is 0 Å². The SMILES string of the molecule is Cc1cc(C)c(C(=O)NC(C)c2c(C)noc2C)cc1N. The van der Waals surface area contributed by atoms with Crippen LogP contribution in [0.1, 0.15) is 51.5 Å². The third-order valence-electron chi connectivity index (χ3n) is 3.73. The van der Waals surface area contributed by atoms with Crippen LogP contribution in [0.2, 0.25) is 0 Å². The average Bonchev–Trinajstić information content (AvgIpc) is 2.73. The molecule has 21 heavy (non-hydrogen) atoms. The molecule has 0 aliphatic rings. The molecule has 3 N–H and O–H groups in total. The monoisotopic (exact) mass is 287 g/mol. The van der Waals surface area contributed by atoms with E-state index in [2.05, 4.69) is 10.5 Å². The summed E-state index contributed by atoms with van der Waals surface area (Å²) >= 11 is 0. The predicted octanol–water partition coefficient (Wildman–Crippen LogP) is 2.98. The molecule has 5 heteroatoms. The Morgan fingerprint density at radius 3 is 2.48 bits per heavy atom. The van der Waals surface area contributed by atoms with Crippen molar-refractivity contribution in [2.45, 2.75) is 40.7 Å². The van der Waals surface area contributed by atoms with Crippen molar-refractivity contribution in [1.29, 1.82) is 0 Å². The average molecular weight is 287 g/mol. The third-order valence-corrected chi connectivity index (χ3v) is 3.73. The Labute approximate surface area is 124 Å². The Bertz CT molecular complexity index is 670. The zero-order chi connectivity index (χ0) is 15.7. The third kappa shape index (κ3) is 2.91. The molecule has 112 valence electrons. The summed E-state index contributed by atoms with van der Waals surface area (Å²) in [5, 5.41) is 6.89. The summed E-state index contributed by atoms with van der Waals surface area (Å²) in [6.45, 7) is 9.45. The molecule has 0 spiro atoms. The smallest absolute Gasteiger partial charge is 0.252 e. The molecule has 0 radical (unpaired) electrons. The van der Waals surface area contributed by atoms with Gasteiger partial charge in [-0.1, -0.05) is 11.2 Å². The van der Waals surface area contributed by atoms with Gasteiger partial charge in [-0.15, -0.1) is 0 Å². The summed E-state index contributed by atoms with van der Waals surface area (Å²) in [4.78, 5) is 12.4. The fourth-order valence-corrected chi connectivity index (χ4v) is 2.57. The number of hydrogen-bond acceptors (Lipinski definition) is 4. The molecule has 5 nitrogen and oxygen atoms in total. The van der Waals surface area contributed by atoms with E-state index in [4.69, 9.17) is 10.3 Å². The van der Waals surface area contributed by atoms with Crippen molar-refractivity contribution in [3.05, 3.63) is 45.8 Å². The van der Waals surface area contributed by atoms with Gasteiger partial charge in [-0.2, -0.15) is 0 Å². The number of nitrogens with two attached hydrogens (primary N) is 1. The molecular formula is C16H21N3O2. The minimum absolute atomic E-state index is 0.147. The highest BCUT2D eigenvalue weighted by molar-refractivity contribution is 5.97. The predicted molar refractivity (Wildman–Crippen MR) is 82.2 cm³/mol. The van der Waals surface area contributed by atoms with Gasteiger partial charge >= 0.3 is 0 Å². The second-order valence-corrected chi connectivity index (χ2v) is 5.46. The fraction of sp³-hybridized carbons (Fsp3) is 0.375. The van der Waals surface area contributed by atoms with E-state index >= 15 is 0 Å². The highest BCUT2D eigenvalue weighted by Crippen LogP contribution is 2.23. The van der Waals surface area contributed by atoms with Gasteiger partial charge in [0.05, 0.1) is 11.7 Å². The number of benzene rings is 1. The van der Waals surface area contributed by atoms with Crippen molar-refractivity contribution in [2.24, 2.45) is 0 Å². The Hall–Kier alpha value is -2.30. The molecule has 1 atom stereocenters. The maximum atomic E-state index is 12.4. The van der Waals surface area contributed by atoms with E-state index in [1.54, 1.807) is 6.07 Å². The fourth-order valence-electron chi connectivity index (χ4n) is 2.57. The number of aryl methyl sites for hydroxylation is 4. The number of aromatic nitrogens is 1. The lowest BCUT2D eigenvalue weighted by molar-refractivity contribution is 0.0939. The van der Waals surface area contributed by atoms with Crippen LogP contribution in [0, 0.1) is 27.7 Å². The van der Waals surface area contributed by atoms with Crippen molar-refractivity contribution >= 4 is 11.6 Å². The highest BCUT2D eigenvalue weighted by atomic mass is 16.5. The molecule has 0 saturated carbocycles. The number of nitrogens with one attached hydrogen (secondary N) is 1. The van der Waals surface area contributed by atoms with Crippen LogP contribution < -0.4 is 11.1 Å². The Balaban J connectivity index is 2.24. The molecule has 0 saturated heterocycles. The second kappa shape index (κ2) is 5.60. The van der Waals surface area contributed by atoms with E-state index in [1.807, 2.05) is 40.7 Å². The summed E-state index contributed by atoms with van der Waals surface area (Å²) in [5.41, 5.74) is 10.7. The topological polar surface area (TPSA) is 81.2 Å². The molecule has 0 bridgehead atoms. The van der Waals surface area contributed by atoms with Crippen LogP contribution >= 0.6 is 0 Å². The van der Waals surface area contributed by atoms with Crippen LogP contribution in [-0.4, -0.2) is 11.1 Å². The number of carbonyl (C=O) groups excluding carboxylic acids is 1. The van der Waals surface area contributed by atoms with Gasteiger partial charge in [-0.3, -0.25) is 4.79 Å². The Kier molecular flexibility index (Phi) is 4.02. The molecule has 2 aromatic rings. The highest BCUT2D eigenvalue weighted by Gasteiger charge is 2.20. The molecule has 0 aliphatic carbocycles. The van der Waals surface area contributed by atoms with Gasteiger partial charge in [0.25, 0.3) is 5.91 Å². The number of nitrogen functional groups attached to an aromatic ring is 1. The van der Waals surface area contributed by atoms with Crippen LogP contribution in [0.3, 0.4) is 0 Å². The number of anilines is 1. The summed E-state index contributed by atoms with van der Waals surface area (Å²) in [6, 6.07) is 3.47. The lowest BCUT2D eigenvalue weighted by Gasteiger charge is -2.15. The lowest BCUT2D eigenvalue weighted by Crippen LogP contribution is -2.28. The van der Waals surface area contributed by atoms with Crippen molar-refractivity contribution in [3.8, 4) is 0 Å². The van der Waals surface area contributed by atoms with Crippen LogP contribution in [0.15, 0.2) is 16.7 Å². The second-order valence-electron chi connectivity index (χ2n) is 5.46. The van der Waals surface area contributed by atoms with Gasteiger partial charge in [-0.05, 0) is 51.8 Å². The minimum atomic E-state index is -0.175. The number of hydrogen-bond donors (Lipinski definition) is 2. The van der Waals surface area contributed by atoms with Gasteiger partial charge in [-0.25, -0.2) is 0 Å². The van der Waals surface area contributed by atoms with Crippen molar-refractivity contribution in [1.82, 2.24) is 10.5 Å². The summed E-state index contributed by atoms with van der Waals surface area (Å²) in [6.07, 6.45) is 0. The van der Waals surface area contributed by atoms with Crippen LogP contribution in [0.25, 0.3) is 0 Å². The van der Waals surface area contributed by atoms with Gasteiger partial charge in [0.1, 0.15) is 5.76 Å². The molecular weight excluding hydrogens is 266 g/mol. The van der Waals surface area contributed by atoms with Gasteiger partial charge < -0.3 is 15.6 Å². The zero-order valence-corrected chi connectivity index (χ0v) is 13.1. The lowest BCUT2D eigenvalue weighted by atomic mass is 10.0. The van der Waals surface area contributed by atoms with E-state index in [-0.39, 0.29) is 11.9 Å². The first kappa shape index (κ1) is 15.1. The van der Waals surface area contributed by atoms with Gasteiger partial charge in [0.15, 0.2) is 0 Å². The van der Waals surface area contributed by atoms with Crippen LogP contribution in [0.4, 0.5) is 5.69 Å². The first-order chi connectivity index (χ1) is 9.81. The maximum Gasteiger partial charge on any atom is 0.252 e. The maximum absolute atomic E-state index is 12.4. The normalized spacial score (nSPS) is 12.2. The molecule has 2 rings (SSSR count). The van der Waals surface area contributed by atoms with E-state index in [0.717, 1.165) is 28.1 Å². The Morgan fingerprint density at radius 1 is 1.24 bits per heavy atom. The Morgan fingerprint density at radius 2 is 1.90 bits per heavy atom. The molecule has 1 unspecified atom stereocenters. The minimum Gasteiger partial charge on any atom is -0.398 e. The standard InChI is InChI=1S/C16H21N3O2/c1-8-6-9(2)14(17)7-13(8)16(20)18-10(3)15-11(4)19-21-12(15)5/h6-7,10H,17H2,1-5H3,(H,18,20). The molecule has 0 fully saturated rings. The molecule has 1 aromatic heterocycles. The first-order valence-electron chi connectivity index (χ1n) is 6.91. The van der Waals surface area contributed by atoms with E-state index in [9.17, 15) is 4.79 Å². The van der Waals surface area contributed by atoms with Crippen LogP contribution in [0.5, 0.6) is 0 Å². The summed E-state index contributed by atoms with van der Waals surface area (Å²) < 4.78 is 5.14. The van der Waals surface area contributed by atoms with E-state index in [1.165, 1.54) is 0 Å². The zero-order valence-electron chi connectivity index (χ0n) is 13.1. The van der Waals surface area contributed by atoms with Crippen molar-refractivity contribution in [3.63, 3.8) is 0 Å². The quantitative estimate of drug-likeness (QED) is 0.850. The first-order valence-corrected chi connectivity index (χ1v) is 6.91. The van der Waals surface area contributed by atoms with Crippen molar-refractivity contribution < 1.29 is 9.32 Å². The van der Waals surface area contributed by atoms with Crippen molar-refractivity contribution in [2.75, 3.05) is 5.73 Å². The molecule has 1 heterocycles. The number of rotatable bonds is 3. The summed E-state index contributed by atoms with van der Waals surface area (Å²) in [5.74, 6) is 0.576. The van der Waals surface area contributed by atoms with Gasteiger partial charge in [0, 0.05) is 16.8 Å². The van der Waals surface area contributed by atoms with Gasteiger partial charge in [0.2, 0.25) is 0 Å². The molecule has 0 aliphatic heterocycles. The number of nitrogens with zero attached hydrogens (tertiary/aromatic N) is 1. The largest absolute Gasteiger partial charge is 0.398 e. The molecule has 1 amide bonds. The number of amides is 1. The number of carbonyl (C=O) groups is 1. The molecule has 1 aromatic carbocycles.